The largest absolute Gasteiger partial charge is 2.00 e. The van der Waals surface area contributed by atoms with E-state index in [1.54, 1.807) is 42.7 Å². The summed E-state index contributed by atoms with van der Waals surface area (Å²) in [6.45, 7) is 0. The molecule has 154 valence electrons. The Hall–Kier alpha value is 0.617. The number of halogens is 2. The van der Waals surface area contributed by atoms with Gasteiger partial charge < -0.3 is 26.6 Å². The quantitative estimate of drug-likeness (QED) is 0.353. The Morgan fingerprint density at radius 2 is 0.889 bits per heavy atom. The van der Waals surface area contributed by atoms with E-state index in [9.17, 15) is 0 Å². The molecule has 0 radical (unpaired) electrons. The minimum atomic E-state index is -2.57. The zero-order chi connectivity index (χ0) is 18.1. The van der Waals surface area contributed by atoms with E-state index >= 15 is 0 Å². The molecule has 0 N–H and O–H groups in total. The molecule has 2 aliphatic carbocycles. The van der Waals surface area contributed by atoms with Crippen LogP contribution in [0.25, 0.3) is 0 Å². The molecular formula is C16H28Cl2O6Si2Zr. The molecule has 2 aliphatic rings. The maximum Gasteiger partial charge on any atom is 2.00 e. The summed E-state index contributed by atoms with van der Waals surface area (Å²) in [6, 6.07) is 0. The minimum Gasteiger partial charge on any atom is -0.375 e. The van der Waals surface area contributed by atoms with Crippen LogP contribution < -0.4 is 0 Å². The molecule has 27 heavy (non-hydrogen) atoms. The Kier molecular flexibility index (Phi) is 19.6. The molecule has 0 fully saturated rings. The monoisotopic (exact) mass is 532 g/mol. The Balaban J connectivity index is -0.000000384. The normalized spacial score (nSPS) is 14.9. The van der Waals surface area contributed by atoms with E-state index in [1.165, 1.54) is 0 Å². The third kappa shape index (κ3) is 8.10. The molecule has 0 bridgehead atoms. The molecule has 0 spiro atoms. The van der Waals surface area contributed by atoms with E-state index in [-0.39, 0.29) is 51.0 Å². The van der Waals surface area contributed by atoms with Gasteiger partial charge in [-0.15, -0.1) is 37.7 Å². The van der Waals surface area contributed by atoms with Gasteiger partial charge in [0.05, 0.1) is 0 Å². The van der Waals surface area contributed by atoms with Crippen molar-refractivity contribution >= 4 is 42.4 Å². The molecule has 11 heteroatoms. The summed E-state index contributed by atoms with van der Waals surface area (Å²) in [7, 11) is 4.45. The van der Waals surface area contributed by atoms with Gasteiger partial charge in [-0.2, -0.15) is 22.5 Å². The summed E-state index contributed by atoms with van der Waals surface area (Å²) in [5, 5.41) is 1.85. The van der Waals surface area contributed by atoms with E-state index in [4.69, 9.17) is 26.6 Å². The van der Waals surface area contributed by atoms with Crippen LogP contribution in [0.3, 0.4) is 0 Å². The summed E-state index contributed by atoms with van der Waals surface area (Å²) in [5.41, 5.74) is 0. The predicted molar refractivity (Wildman–Crippen MR) is 109 cm³/mol. The third-order valence-electron chi connectivity index (χ3n) is 3.66. The molecule has 6 nitrogen and oxygen atoms in total. The van der Waals surface area contributed by atoms with Crippen molar-refractivity contribution in [1.82, 2.24) is 0 Å². The van der Waals surface area contributed by atoms with Crippen molar-refractivity contribution in [3.05, 3.63) is 46.8 Å². The molecular weight excluding hydrogens is 506 g/mol. The minimum absolute atomic E-state index is 0. The number of hydrogen-bond acceptors (Lipinski definition) is 6. The molecule has 0 saturated carbocycles. The second kappa shape index (κ2) is 16.4. The van der Waals surface area contributed by atoms with E-state index in [1.807, 2.05) is 24.3 Å². The Morgan fingerprint density at radius 3 is 1.04 bits per heavy atom. The van der Waals surface area contributed by atoms with Gasteiger partial charge in [-0.05, 0) is 0 Å². The van der Waals surface area contributed by atoms with Gasteiger partial charge in [-0.1, -0.05) is 0 Å². The van der Waals surface area contributed by atoms with Crippen LogP contribution in [0.5, 0.6) is 0 Å². The molecule has 0 aromatic carbocycles. The molecule has 0 aromatic rings. The van der Waals surface area contributed by atoms with Gasteiger partial charge in [-0.25, -0.2) is 12.2 Å². The summed E-state index contributed by atoms with van der Waals surface area (Å²) in [5.74, 6) is 0. The number of rotatable bonds is 8. The fourth-order valence-corrected chi connectivity index (χ4v) is 5.99. The van der Waals surface area contributed by atoms with Gasteiger partial charge in [0.1, 0.15) is 0 Å². The van der Waals surface area contributed by atoms with E-state index < -0.39 is 17.6 Å². The molecule has 0 saturated heterocycles. The van der Waals surface area contributed by atoms with Gasteiger partial charge in [0.2, 0.25) is 0 Å². The van der Waals surface area contributed by atoms with E-state index in [0.717, 1.165) is 23.2 Å². The van der Waals surface area contributed by atoms with Gasteiger partial charge >= 0.3 is 43.8 Å². The first kappa shape index (κ1) is 32.3. The van der Waals surface area contributed by atoms with Crippen molar-refractivity contribution in [3.8, 4) is 0 Å². The average Bonchev–Trinajstić information content (AvgIpc) is 3.34. The predicted octanol–water partition coefficient (Wildman–Crippen LogP) is 3.03. The van der Waals surface area contributed by atoms with E-state index in [2.05, 4.69) is 12.2 Å². The first-order valence-electron chi connectivity index (χ1n) is 7.44. The van der Waals surface area contributed by atoms with E-state index in [0.29, 0.717) is 0 Å². The van der Waals surface area contributed by atoms with Crippen LogP contribution in [0.15, 0.2) is 34.7 Å². The summed E-state index contributed by atoms with van der Waals surface area (Å²) >= 11 is 0. The first-order chi connectivity index (χ1) is 11.6. The Morgan fingerprint density at radius 1 is 0.630 bits per heavy atom. The second-order valence-electron chi connectivity index (χ2n) is 4.73. The van der Waals surface area contributed by atoms with Crippen LogP contribution in [0.1, 0.15) is 12.8 Å². The smallest absolute Gasteiger partial charge is 0.375 e. The maximum atomic E-state index is 5.26. The van der Waals surface area contributed by atoms with Crippen LogP contribution in [-0.2, 0) is 52.8 Å². The van der Waals surface area contributed by atoms with Gasteiger partial charge in [0.15, 0.2) is 0 Å². The Labute approximate surface area is 196 Å². The molecule has 2 rings (SSSR count). The van der Waals surface area contributed by atoms with Crippen molar-refractivity contribution in [2.24, 2.45) is 0 Å². The molecule has 0 amide bonds. The molecule has 0 atom stereocenters. The van der Waals surface area contributed by atoms with Crippen LogP contribution in [0, 0.1) is 12.2 Å². The molecule has 0 aromatic heterocycles. The first-order valence-corrected chi connectivity index (χ1v) is 10.9. The maximum absolute atomic E-state index is 5.26. The van der Waals surface area contributed by atoms with Gasteiger partial charge in [0.25, 0.3) is 0 Å². The van der Waals surface area contributed by atoms with Crippen LogP contribution in [-0.4, -0.2) is 60.3 Å². The molecule has 0 aliphatic heterocycles. The molecule has 0 heterocycles. The second-order valence-corrected chi connectivity index (χ2v) is 10.5. The fraction of sp³-hybridized carbons (Fsp3) is 0.500. The summed E-state index contributed by atoms with van der Waals surface area (Å²) in [4.78, 5) is 0. The SMILES string of the molecule is CO[Si](OC)(OC)C1=[C-]CC=C1.CO[Si](OC)(OC)C1=[C-]CC=C1.Cl.Cl.[Zr+2]. The van der Waals surface area contributed by atoms with Crippen molar-refractivity contribution in [2.45, 2.75) is 12.8 Å². The molecule has 0 unspecified atom stereocenters. The topological polar surface area (TPSA) is 55.4 Å². The Bertz CT molecular complexity index is 459. The van der Waals surface area contributed by atoms with Gasteiger partial charge in [0, 0.05) is 42.7 Å². The third-order valence-corrected chi connectivity index (χ3v) is 8.89. The summed E-state index contributed by atoms with van der Waals surface area (Å²) < 4.78 is 31.6. The van der Waals surface area contributed by atoms with Crippen LogP contribution >= 0.6 is 24.8 Å². The zero-order valence-electron chi connectivity index (χ0n) is 16.5. The van der Waals surface area contributed by atoms with Crippen LogP contribution in [0.2, 0.25) is 0 Å². The van der Waals surface area contributed by atoms with Crippen molar-refractivity contribution in [1.29, 1.82) is 0 Å². The zero-order valence-corrected chi connectivity index (χ0v) is 22.6. The van der Waals surface area contributed by atoms with Crippen molar-refractivity contribution in [2.75, 3.05) is 42.7 Å². The standard InChI is InChI=1S/2C8H13O3Si.2ClH.Zr/c2*1-9-12(10-2,11-3)8-6-4-5-7-8;;;/h2*4,6H,5H2,1-3H3;2*1H;/q2*-1;;;+2. The van der Waals surface area contributed by atoms with Crippen LogP contribution in [0.4, 0.5) is 0 Å². The fourth-order valence-electron chi connectivity index (χ4n) is 2.39. The van der Waals surface area contributed by atoms with Crippen molar-refractivity contribution < 1.29 is 52.8 Å². The summed E-state index contributed by atoms with van der Waals surface area (Å²) in [6.07, 6.45) is 15.8. The van der Waals surface area contributed by atoms with Crippen molar-refractivity contribution in [3.63, 3.8) is 0 Å². The van der Waals surface area contributed by atoms with Gasteiger partial charge in [-0.3, -0.25) is 12.2 Å². The average molecular weight is 535 g/mol. The number of hydrogen-bond donors (Lipinski definition) is 0. The number of allylic oxidation sites excluding steroid dienone is 8.